The maximum Gasteiger partial charge on any atom is 0.306 e. The summed E-state index contributed by atoms with van der Waals surface area (Å²) in [5.41, 5.74) is 1.16. The molecule has 1 aromatic carbocycles. The lowest BCUT2D eigenvalue weighted by molar-refractivity contribution is -0.149. The van der Waals surface area contributed by atoms with Crippen LogP contribution >= 0.6 is 0 Å². The molecule has 0 unspecified atom stereocenters. The van der Waals surface area contributed by atoms with Gasteiger partial charge in [0.2, 0.25) is 0 Å². The summed E-state index contributed by atoms with van der Waals surface area (Å²) in [6.45, 7) is 1.24. The molecule has 0 radical (unpaired) electrons. The molecule has 3 aliphatic heterocycles. The molecule has 3 heterocycles. The van der Waals surface area contributed by atoms with Crippen LogP contribution in [0.3, 0.4) is 0 Å². The van der Waals surface area contributed by atoms with Gasteiger partial charge in [0.1, 0.15) is 6.10 Å². The summed E-state index contributed by atoms with van der Waals surface area (Å²) in [6.07, 6.45) is 5.76. The first-order chi connectivity index (χ1) is 14.2. The van der Waals surface area contributed by atoms with Crippen LogP contribution in [0.25, 0.3) is 0 Å². The standard InChI is InChI=1S/C23H32O6/c24-17(7-4-14-26-15-16-5-2-1-3-6-16)18-8-9-19(27-18)20-10-11-21(28-20)22-12-13-23(25)29-22/h1-3,5-6,17-22,24H,4,7-15H2/t17-,18-,19+,20-,21-,22-/m0/s1. The highest BCUT2D eigenvalue weighted by Crippen LogP contribution is 2.36. The number of aliphatic hydroxyl groups is 1. The minimum atomic E-state index is -0.465. The number of cyclic esters (lactones) is 1. The first kappa shape index (κ1) is 20.8. The zero-order chi connectivity index (χ0) is 20.1. The Labute approximate surface area is 172 Å². The van der Waals surface area contributed by atoms with Gasteiger partial charge in [-0.3, -0.25) is 4.79 Å². The first-order valence-electron chi connectivity index (χ1n) is 11.0. The second kappa shape index (κ2) is 10.0. The third-order valence-electron chi connectivity index (χ3n) is 6.24. The SMILES string of the molecule is O=C1CC[C@@H]([C@@H]2CC[C@@H]([C@H]3CC[C@@H]([C@@H](O)CCCOCc4ccccc4)O3)O2)O1. The lowest BCUT2D eigenvalue weighted by atomic mass is 10.0. The smallest absolute Gasteiger partial charge is 0.306 e. The molecule has 0 aromatic heterocycles. The summed E-state index contributed by atoms with van der Waals surface area (Å²) >= 11 is 0. The number of ether oxygens (including phenoxy) is 4. The van der Waals surface area contributed by atoms with Gasteiger partial charge in [0, 0.05) is 13.0 Å². The van der Waals surface area contributed by atoms with E-state index in [0.717, 1.165) is 44.1 Å². The number of hydrogen-bond donors (Lipinski definition) is 1. The monoisotopic (exact) mass is 404 g/mol. The second-order valence-electron chi connectivity index (χ2n) is 8.40. The van der Waals surface area contributed by atoms with Gasteiger partial charge in [-0.2, -0.15) is 0 Å². The molecular formula is C23H32O6. The van der Waals surface area contributed by atoms with Crippen molar-refractivity contribution in [3.8, 4) is 0 Å². The average Bonchev–Trinajstić information content (AvgIpc) is 3.48. The first-order valence-corrected chi connectivity index (χ1v) is 11.0. The lowest BCUT2D eigenvalue weighted by Crippen LogP contribution is -2.33. The number of esters is 1. The fourth-order valence-electron chi connectivity index (χ4n) is 4.64. The molecule has 3 fully saturated rings. The number of carbonyl (C=O) groups is 1. The third-order valence-corrected chi connectivity index (χ3v) is 6.24. The van der Waals surface area contributed by atoms with Crippen molar-refractivity contribution in [2.75, 3.05) is 6.61 Å². The summed E-state index contributed by atoms with van der Waals surface area (Å²) in [5.74, 6) is -0.116. The number of hydrogen-bond acceptors (Lipinski definition) is 6. The summed E-state index contributed by atoms with van der Waals surface area (Å²) in [5, 5.41) is 10.5. The predicted octanol–water partition coefficient (Wildman–Crippen LogP) is 3.15. The van der Waals surface area contributed by atoms with Gasteiger partial charge in [0.05, 0.1) is 37.1 Å². The van der Waals surface area contributed by atoms with E-state index in [9.17, 15) is 9.90 Å². The topological polar surface area (TPSA) is 74.2 Å². The molecule has 0 saturated carbocycles. The average molecular weight is 405 g/mol. The molecule has 0 aliphatic carbocycles. The Kier molecular flexibility index (Phi) is 7.19. The van der Waals surface area contributed by atoms with Crippen LogP contribution < -0.4 is 0 Å². The van der Waals surface area contributed by atoms with Gasteiger partial charge in [-0.05, 0) is 50.5 Å². The van der Waals surface area contributed by atoms with Crippen molar-refractivity contribution in [2.45, 2.75) is 94.6 Å². The van der Waals surface area contributed by atoms with Gasteiger partial charge in [0.15, 0.2) is 0 Å². The normalized spacial score (nSPS) is 33.1. The minimum Gasteiger partial charge on any atom is -0.460 e. The number of aliphatic hydroxyl groups excluding tert-OH is 1. The van der Waals surface area contributed by atoms with Gasteiger partial charge in [-0.1, -0.05) is 30.3 Å². The molecule has 0 bridgehead atoms. The van der Waals surface area contributed by atoms with Gasteiger partial charge in [-0.25, -0.2) is 0 Å². The molecule has 6 nitrogen and oxygen atoms in total. The highest BCUT2D eigenvalue weighted by atomic mass is 16.6. The van der Waals surface area contributed by atoms with Crippen LogP contribution in [0.1, 0.15) is 56.9 Å². The van der Waals surface area contributed by atoms with E-state index in [-0.39, 0.29) is 36.5 Å². The van der Waals surface area contributed by atoms with E-state index in [1.807, 2.05) is 30.3 Å². The highest BCUT2D eigenvalue weighted by molar-refractivity contribution is 5.71. The van der Waals surface area contributed by atoms with E-state index < -0.39 is 6.10 Å². The zero-order valence-electron chi connectivity index (χ0n) is 16.9. The van der Waals surface area contributed by atoms with E-state index in [4.69, 9.17) is 18.9 Å². The molecule has 1 aromatic rings. The van der Waals surface area contributed by atoms with Crippen molar-refractivity contribution in [2.24, 2.45) is 0 Å². The number of benzene rings is 1. The second-order valence-corrected chi connectivity index (χ2v) is 8.40. The Balaban J connectivity index is 1.12. The summed E-state index contributed by atoms with van der Waals surface area (Å²) in [6, 6.07) is 10.1. The fraction of sp³-hybridized carbons (Fsp3) is 0.696. The van der Waals surface area contributed by atoms with Crippen molar-refractivity contribution in [1.29, 1.82) is 0 Å². The Morgan fingerprint density at radius 1 is 0.966 bits per heavy atom. The van der Waals surface area contributed by atoms with Crippen LogP contribution in [0, 0.1) is 0 Å². The Morgan fingerprint density at radius 3 is 2.45 bits per heavy atom. The quantitative estimate of drug-likeness (QED) is 0.503. The maximum absolute atomic E-state index is 11.3. The highest BCUT2D eigenvalue weighted by Gasteiger charge is 2.43. The number of carbonyl (C=O) groups excluding carboxylic acids is 1. The number of rotatable bonds is 9. The van der Waals surface area contributed by atoms with Crippen molar-refractivity contribution in [3.63, 3.8) is 0 Å². The lowest BCUT2D eigenvalue weighted by Gasteiger charge is -2.24. The third kappa shape index (κ3) is 5.57. The van der Waals surface area contributed by atoms with Crippen molar-refractivity contribution >= 4 is 5.97 Å². The van der Waals surface area contributed by atoms with Crippen molar-refractivity contribution < 1.29 is 28.8 Å². The van der Waals surface area contributed by atoms with Crippen LogP contribution in [-0.2, 0) is 30.3 Å². The summed E-state index contributed by atoms with van der Waals surface area (Å²) in [4.78, 5) is 11.3. The van der Waals surface area contributed by atoms with E-state index in [1.54, 1.807) is 0 Å². The molecule has 6 heteroatoms. The van der Waals surface area contributed by atoms with Crippen molar-refractivity contribution in [1.82, 2.24) is 0 Å². The molecule has 3 aliphatic rings. The Hall–Kier alpha value is -1.47. The van der Waals surface area contributed by atoms with E-state index in [0.29, 0.717) is 26.1 Å². The van der Waals surface area contributed by atoms with E-state index >= 15 is 0 Å². The Bertz CT molecular complexity index is 650. The minimum absolute atomic E-state index is 0.000729. The zero-order valence-corrected chi connectivity index (χ0v) is 16.9. The van der Waals surface area contributed by atoms with Gasteiger partial charge in [-0.15, -0.1) is 0 Å². The van der Waals surface area contributed by atoms with Crippen LogP contribution in [-0.4, -0.2) is 54.3 Å². The maximum atomic E-state index is 11.3. The largest absolute Gasteiger partial charge is 0.460 e. The fourth-order valence-corrected chi connectivity index (χ4v) is 4.64. The van der Waals surface area contributed by atoms with Gasteiger partial charge >= 0.3 is 5.97 Å². The van der Waals surface area contributed by atoms with Crippen LogP contribution in [0.2, 0.25) is 0 Å². The molecule has 1 N–H and O–H groups in total. The molecule has 4 rings (SSSR count). The van der Waals surface area contributed by atoms with Crippen molar-refractivity contribution in [3.05, 3.63) is 35.9 Å². The van der Waals surface area contributed by atoms with E-state index in [2.05, 4.69) is 0 Å². The van der Waals surface area contributed by atoms with Gasteiger partial charge in [0.25, 0.3) is 0 Å². The van der Waals surface area contributed by atoms with Gasteiger partial charge < -0.3 is 24.1 Å². The molecule has 3 saturated heterocycles. The molecule has 6 atom stereocenters. The summed E-state index contributed by atoms with van der Waals surface area (Å²) < 4.78 is 23.3. The summed E-state index contributed by atoms with van der Waals surface area (Å²) in [7, 11) is 0. The molecule has 0 spiro atoms. The molecule has 0 amide bonds. The van der Waals surface area contributed by atoms with Crippen LogP contribution in [0.5, 0.6) is 0 Å². The predicted molar refractivity (Wildman–Crippen MR) is 106 cm³/mol. The van der Waals surface area contributed by atoms with Crippen LogP contribution in [0.15, 0.2) is 30.3 Å². The molecule has 160 valence electrons. The molecular weight excluding hydrogens is 372 g/mol. The van der Waals surface area contributed by atoms with Crippen LogP contribution in [0.4, 0.5) is 0 Å². The molecule has 29 heavy (non-hydrogen) atoms. The Morgan fingerprint density at radius 2 is 1.69 bits per heavy atom. The van der Waals surface area contributed by atoms with E-state index in [1.165, 1.54) is 0 Å².